The number of alkyl halides is 1. The number of imidazole rings is 1. The zero-order valence-electron chi connectivity index (χ0n) is 9.40. The van der Waals surface area contributed by atoms with E-state index in [9.17, 15) is 4.39 Å². The van der Waals surface area contributed by atoms with Gasteiger partial charge in [0.1, 0.15) is 18.0 Å². The zero-order valence-corrected chi connectivity index (χ0v) is 9.40. The molecule has 1 saturated heterocycles. The van der Waals surface area contributed by atoms with E-state index in [2.05, 4.69) is 15.0 Å². The second-order valence-corrected chi connectivity index (χ2v) is 4.17. The lowest BCUT2D eigenvalue weighted by Gasteiger charge is -2.15. The molecule has 7 nitrogen and oxygen atoms in total. The first-order chi connectivity index (χ1) is 8.70. The van der Waals surface area contributed by atoms with Crippen LogP contribution in [-0.4, -0.2) is 43.5 Å². The van der Waals surface area contributed by atoms with Crippen LogP contribution in [0.25, 0.3) is 11.2 Å². The Kier molecular flexibility index (Phi) is 2.60. The highest BCUT2D eigenvalue weighted by atomic mass is 19.1. The van der Waals surface area contributed by atoms with Gasteiger partial charge in [-0.05, 0) is 0 Å². The van der Waals surface area contributed by atoms with Crippen molar-refractivity contribution >= 4 is 17.0 Å². The molecule has 0 unspecified atom stereocenters. The maximum Gasteiger partial charge on any atom is 0.168 e. The van der Waals surface area contributed by atoms with Gasteiger partial charge in [-0.2, -0.15) is 0 Å². The van der Waals surface area contributed by atoms with Gasteiger partial charge in [-0.1, -0.05) is 0 Å². The molecule has 0 radical (unpaired) electrons. The average molecular weight is 253 g/mol. The van der Waals surface area contributed by atoms with Gasteiger partial charge in [0.2, 0.25) is 0 Å². The molecule has 1 fully saturated rings. The van der Waals surface area contributed by atoms with Crippen LogP contribution in [0.4, 0.5) is 10.2 Å². The SMILES string of the molecule is Nc1ncnc2c1ncn2[C@@H]1O[C@@H](CO)C[C@H]1F. The van der Waals surface area contributed by atoms with Gasteiger partial charge in [0.25, 0.3) is 0 Å². The molecule has 0 spiro atoms. The third kappa shape index (κ3) is 1.61. The minimum atomic E-state index is -1.21. The van der Waals surface area contributed by atoms with E-state index in [1.807, 2.05) is 0 Å². The zero-order chi connectivity index (χ0) is 12.7. The molecule has 0 saturated carbocycles. The predicted octanol–water partition coefficient (Wildman–Crippen LogP) is 0.0264. The summed E-state index contributed by atoms with van der Waals surface area (Å²) in [6.45, 7) is -0.208. The van der Waals surface area contributed by atoms with Crippen LogP contribution in [0.3, 0.4) is 0 Å². The topological polar surface area (TPSA) is 99.1 Å². The molecule has 8 heteroatoms. The van der Waals surface area contributed by atoms with Gasteiger partial charge < -0.3 is 15.6 Å². The smallest absolute Gasteiger partial charge is 0.168 e. The molecule has 0 amide bonds. The molecule has 0 aliphatic carbocycles. The van der Waals surface area contributed by atoms with Gasteiger partial charge in [0.05, 0.1) is 19.0 Å². The number of anilines is 1. The van der Waals surface area contributed by atoms with Gasteiger partial charge in [-0.25, -0.2) is 19.3 Å². The largest absolute Gasteiger partial charge is 0.394 e. The van der Waals surface area contributed by atoms with E-state index < -0.39 is 18.5 Å². The van der Waals surface area contributed by atoms with Crippen LogP contribution in [0.5, 0.6) is 0 Å². The number of halogens is 1. The highest BCUT2D eigenvalue weighted by molar-refractivity contribution is 5.81. The predicted molar refractivity (Wildman–Crippen MR) is 60.2 cm³/mol. The van der Waals surface area contributed by atoms with E-state index in [1.54, 1.807) is 0 Å². The monoisotopic (exact) mass is 253 g/mol. The van der Waals surface area contributed by atoms with Crippen molar-refractivity contribution in [1.29, 1.82) is 0 Å². The Morgan fingerprint density at radius 2 is 2.33 bits per heavy atom. The molecule has 18 heavy (non-hydrogen) atoms. The molecule has 0 aromatic carbocycles. The van der Waals surface area contributed by atoms with Crippen molar-refractivity contribution in [3.63, 3.8) is 0 Å². The number of hydrogen-bond donors (Lipinski definition) is 2. The summed E-state index contributed by atoms with van der Waals surface area (Å²) in [7, 11) is 0. The van der Waals surface area contributed by atoms with Crippen LogP contribution in [0.15, 0.2) is 12.7 Å². The fourth-order valence-electron chi connectivity index (χ4n) is 2.12. The summed E-state index contributed by atoms with van der Waals surface area (Å²) in [4.78, 5) is 11.9. The number of ether oxygens (including phenoxy) is 1. The van der Waals surface area contributed by atoms with Gasteiger partial charge in [0, 0.05) is 6.42 Å². The van der Waals surface area contributed by atoms with Gasteiger partial charge >= 0.3 is 0 Å². The van der Waals surface area contributed by atoms with Crippen molar-refractivity contribution in [2.24, 2.45) is 0 Å². The molecule has 2 aromatic rings. The van der Waals surface area contributed by atoms with Crippen LogP contribution in [-0.2, 0) is 4.74 Å². The van der Waals surface area contributed by atoms with Gasteiger partial charge in [-0.15, -0.1) is 0 Å². The Hall–Kier alpha value is -1.80. The Bertz CT molecular complexity index is 574. The molecule has 3 atom stereocenters. The first kappa shape index (κ1) is 11.3. The molecular weight excluding hydrogens is 241 g/mol. The number of nitrogen functional groups attached to an aromatic ring is 1. The van der Waals surface area contributed by atoms with Crippen LogP contribution < -0.4 is 5.73 Å². The minimum absolute atomic E-state index is 0.154. The lowest BCUT2D eigenvalue weighted by molar-refractivity contribution is -0.0351. The quantitative estimate of drug-likeness (QED) is 0.783. The lowest BCUT2D eigenvalue weighted by atomic mass is 10.2. The summed E-state index contributed by atoms with van der Waals surface area (Å²) < 4.78 is 20.7. The fraction of sp³-hybridized carbons (Fsp3) is 0.500. The van der Waals surface area contributed by atoms with E-state index in [1.165, 1.54) is 17.2 Å². The van der Waals surface area contributed by atoms with Crippen molar-refractivity contribution in [3.05, 3.63) is 12.7 Å². The summed E-state index contributed by atoms with van der Waals surface area (Å²) in [5.74, 6) is 0.242. The maximum absolute atomic E-state index is 13.9. The van der Waals surface area contributed by atoms with Crippen molar-refractivity contribution in [2.75, 3.05) is 12.3 Å². The number of nitrogens with two attached hydrogens (primary N) is 1. The third-order valence-corrected chi connectivity index (χ3v) is 2.99. The van der Waals surface area contributed by atoms with E-state index in [4.69, 9.17) is 15.6 Å². The van der Waals surface area contributed by atoms with E-state index in [0.29, 0.717) is 11.2 Å². The van der Waals surface area contributed by atoms with Crippen molar-refractivity contribution in [1.82, 2.24) is 19.5 Å². The summed E-state index contributed by atoms with van der Waals surface area (Å²) in [5, 5.41) is 8.99. The second-order valence-electron chi connectivity index (χ2n) is 4.17. The molecule has 3 heterocycles. The van der Waals surface area contributed by atoms with Crippen LogP contribution in [0.2, 0.25) is 0 Å². The summed E-state index contributed by atoms with van der Waals surface area (Å²) in [6.07, 6.45) is 0.328. The van der Waals surface area contributed by atoms with Crippen LogP contribution >= 0.6 is 0 Å². The Morgan fingerprint density at radius 3 is 3.06 bits per heavy atom. The highest BCUT2D eigenvalue weighted by Crippen LogP contribution is 2.33. The lowest BCUT2D eigenvalue weighted by Crippen LogP contribution is -2.16. The van der Waals surface area contributed by atoms with Crippen LogP contribution in [0.1, 0.15) is 12.6 Å². The maximum atomic E-state index is 13.9. The Labute approximate surface area is 101 Å². The number of rotatable bonds is 2. The molecule has 3 N–H and O–H groups in total. The molecule has 0 bridgehead atoms. The third-order valence-electron chi connectivity index (χ3n) is 2.99. The summed E-state index contributed by atoms with van der Waals surface area (Å²) >= 11 is 0. The van der Waals surface area contributed by atoms with Gasteiger partial charge in [0.15, 0.2) is 17.7 Å². The van der Waals surface area contributed by atoms with E-state index in [-0.39, 0.29) is 18.8 Å². The first-order valence-electron chi connectivity index (χ1n) is 5.54. The first-order valence-corrected chi connectivity index (χ1v) is 5.54. The second kappa shape index (κ2) is 4.14. The van der Waals surface area contributed by atoms with Crippen molar-refractivity contribution in [3.8, 4) is 0 Å². The van der Waals surface area contributed by atoms with E-state index >= 15 is 0 Å². The minimum Gasteiger partial charge on any atom is -0.394 e. The highest BCUT2D eigenvalue weighted by Gasteiger charge is 2.37. The number of fused-ring (bicyclic) bond motifs is 1. The Morgan fingerprint density at radius 1 is 1.50 bits per heavy atom. The molecule has 96 valence electrons. The number of aromatic nitrogens is 4. The van der Waals surface area contributed by atoms with Crippen molar-refractivity contribution < 1.29 is 14.2 Å². The molecule has 1 aliphatic rings. The molecular formula is C10H12FN5O2. The fourth-order valence-corrected chi connectivity index (χ4v) is 2.12. The van der Waals surface area contributed by atoms with Crippen molar-refractivity contribution in [2.45, 2.75) is 24.9 Å². The van der Waals surface area contributed by atoms with Crippen LogP contribution in [0, 0.1) is 0 Å². The normalized spacial score (nSPS) is 28.0. The number of aliphatic hydroxyl groups is 1. The van der Waals surface area contributed by atoms with Gasteiger partial charge in [-0.3, -0.25) is 4.57 Å². The molecule has 3 rings (SSSR count). The molecule has 2 aromatic heterocycles. The molecule has 1 aliphatic heterocycles. The number of hydrogen-bond acceptors (Lipinski definition) is 6. The Balaban J connectivity index is 2.02. The average Bonchev–Trinajstić information content (AvgIpc) is 2.93. The standard InChI is InChI=1S/C10H12FN5O2/c11-6-1-5(2-17)18-10(6)16-4-15-7-8(12)13-3-14-9(7)16/h3-6,10,17H,1-2H2,(H2,12,13,14)/t5-,6-,10-/m1/s1. The summed E-state index contributed by atoms with van der Waals surface area (Å²) in [6, 6.07) is 0. The number of nitrogens with zero attached hydrogens (tertiary/aromatic N) is 4. The summed E-state index contributed by atoms with van der Waals surface area (Å²) in [5.41, 5.74) is 6.50. The van der Waals surface area contributed by atoms with E-state index in [0.717, 1.165) is 0 Å². The number of aliphatic hydroxyl groups excluding tert-OH is 1.